The van der Waals surface area contributed by atoms with Crippen molar-refractivity contribution in [2.24, 2.45) is 4.99 Å². The van der Waals surface area contributed by atoms with Crippen molar-refractivity contribution >= 4 is 68.1 Å². The molecule has 1 unspecified atom stereocenters. The summed E-state index contributed by atoms with van der Waals surface area (Å²) in [6.07, 6.45) is 4.45. The van der Waals surface area contributed by atoms with Crippen molar-refractivity contribution in [1.82, 2.24) is 10.3 Å². The fraction of sp³-hybridized carbons (Fsp3) is 0.314. The molecule has 4 N–H and O–H groups in total. The van der Waals surface area contributed by atoms with E-state index < -0.39 is 17.0 Å². The van der Waals surface area contributed by atoms with Gasteiger partial charge in [-0.2, -0.15) is 23.5 Å². The van der Waals surface area contributed by atoms with Gasteiger partial charge >= 0.3 is 0 Å². The topological polar surface area (TPSA) is 93.5 Å². The maximum atomic E-state index is 15.3. The number of benzene rings is 3. The zero-order valence-electron chi connectivity index (χ0n) is 26.3. The molecule has 46 heavy (non-hydrogen) atoms. The van der Waals surface area contributed by atoms with Crippen LogP contribution >= 0.6 is 39.5 Å². The maximum absolute atomic E-state index is 15.3. The Morgan fingerprint density at radius 3 is 2.54 bits per heavy atom. The third-order valence-electron chi connectivity index (χ3n) is 7.43. The molecule has 1 heterocycles. The number of nitrogens with one attached hydrogen (secondary N) is 3. The Bertz CT molecular complexity index is 1740. The van der Waals surface area contributed by atoms with Crippen LogP contribution in [0, 0.1) is 17.0 Å². The lowest BCUT2D eigenvalue weighted by Crippen LogP contribution is -2.34. The molecular formula is C35H39BrF2N4O2S2. The SMILES string of the molecule is CN/C(=N\C(=N)C(C)(CCSCCSCCO)c1cccc(C=C(C)C)c1)c1cc(Oc2c(F)cc3[nH]ccc3c2Br)ccc1F. The molecule has 0 aliphatic rings. The lowest BCUT2D eigenvalue weighted by molar-refractivity contribution is 0.322. The van der Waals surface area contributed by atoms with Gasteiger partial charge in [0.05, 0.1) is 22.1 Å². The Kier molecular flexibility index (Phi) is 12.9. The minimum atomic E-state index is -0.774. The van der Waals surface area contributed by atoms with Crippen LogP contribution in [0.5, 0.6) is 11.5 Å². The number of hydrogen-bond acceptors (Lipinski definition) is 5. The summed E-state index contributed by atoms with van der Waals surface area (Å²) in [7, 11) is 1.63. The van der Waals surface area contributed by atoms with Gasteiger partial charge in [-0.25, -0.2) is 13.8 Å². The normalized spacial score (nSPS) is 13.0. The Morgan fingerprint density at radius 2 is 1.83 bits per heavy atom. The number of aromatic amines is 1. The van der Waals surface area contributed by atoms with Crippen molar-refractivity contribution in [2.75, 3.05) is 36.7 Å². The van der Waals surface area contributed by atoms with E-state index >= 15 is 4.39 Å². The second-order valence-electron chi connectivity index (χ2n) is 11.1. The summed E-state index contributed by atoms with van der Waals surface area (Å²) in [5, 5.41) is 22.0. The smallest absolute Gasteiger partial charge is 0.177 e. The maximum Gasteiger partial charge on any atom is 0.177 e. The molecule has 0 saturated heterocycles. The molecule has 3 aromatic carbocycles. The number of amidine groups is 2. The zero-order chi connectivity index (χ0) is 33.3. The van der Waals surface area contributed by atoms with Crippen molar-refractivity contribution in [3.63, 3.8) is 0 Å². The van der Waals surface area contributed by atoms with Crippen LogP contribution in [0.25, 0.3) is 17.0 Å². The van der Waals surface area contributed by atoms with E-state index in [9.17, 15) is 9.80 Å². The van der Waals surface area contributed by atoms with Crippen molar-refractivity contribution in [3.8, 4) is 11.5 Å². The molecule has 0 aliphatic heterocycles. The molecule has 0 saturated carbocycles. The number of ether oxygens (including phenoxy) is 1. The van der Waals surface area contributed by atoms with E-state index in [1.54, 1.807) is 42.8 Å². The van der Waals surface area contributed by atoms with E-state index in [0.29, 0.717) is 16.4 Å². The van der Waals surface area contributed by atoms with Crippen LogP contribution in [0.1, 0.15) is 43.9 Å². The van der Waals surface area contributed by atoms with Crippen LogP contribution in [0.2, 0.25) is 0 Å². The van der Waals surface area contributed by atoms with E-state index in [0.717, 1.165) is 45.1 Å². The van der Waals surface area contributed by atoms with Crippen LogP contribution in [0.3, 0.4) is 0 Å². The average molecular weight is 730 g/mol. The fourth-order valence-electron chi connectivity index (χ4n) is 4.93. The first-order chi connectivity index (χ1) is 22.1. The average Bonchev–Trinajstić information content (AvgIpc) is 3.50. The number of nitrogens with zero attached hydrogens (tertiary/aromatic N) is 1. The first kappa shape index (κ1) is 35.7. The van der Waals surface area contributed by atoms with E-state index in [4.69, 9.17) is 9.84 Å². The molecule has 244 valence electrons. The summed E-state index contributed by atoms with van der Waals surface area (Å²) in [6.45, 7) is 6.26. The molecule has 1 aromatic heterocycles. The number of fused-ring (bicyclic) bond motifs is 1. The van der Waals surface area contributed by atoms with Crippen LogP contribution < -0.4 is 10.1 Å². The standard InChI is InChI=1S/C35H39BrF2N4O2S2/c1-22(2)18-23-6-5-7-24(19-23)35(3,11-14-45-16-17-46-15-13-43)34(39)42-33(40-4)27-20-25(8-9-28(27)37)44-32-29(38)21-30-26(31(32)36)10-12-41-30/h5-10,12,18-21,41,43H,11,13-17H2,1-4H3,(H2,39,40,42). The Labute approximate surface area is 286 Å². The quantitative estimate of drug-likeness (QED) is 0.0591. The number of thioether (sulfide) groups is 2. The van der Waals surface area contributed by atoms with Crippen molar-refractivity contribution < 1.29 is 18.6 Å². The number of hydrogen-bond donors (Lipinski definition) is 4. The van der Waals surface area contributed by atoms with E-state index in [1.165, 1.54) is 24.3 Å². The minimum Gasteiger partial charge on any atom is -0.453 e. The second kappa shape index (κ2) is 16.6. The van der Waals surface area contributed by atoms with E-state index in [2.05, 4.69) is 43.4 Å². The number of aliphatic hydroxyl groups excluding tert-OH is 1. The number of rotatable bonds is 14. The van der Waals surface area contributed by atoms with Crippen LogP contribution in [-0.2, 0) is 5.41 Å². The number of allylic oxidation sites excluding steroid dienone is 1. The molecule has 0 spiro atoms. The van der Waals surface area contributed by atoms with Gasteiger partial charge in [0.2, 0.25) is 0 Å². The van der Waals surface area contributed by atoms with E-state index in [-0.39, 0.29) is 35.3 Å². The van der Waals surface area contributed by atoms with Crippen LogP contribution in [-0.4, -0.2) is 58.4 Å². The highest BCUT2D eigenvalue weighted by atomic mass is 79.9. The van der Waals surface area contributed by atoms with Gasteiger partial charge in [-0.05, 0) is 84.3 Å². The van der Waals surface area contributed by atoms with Gasteiger partial charge in [0, 0.05) is 47.5 Å². The van der Waals surface area contributed by atoms with E-state index in [1.807, 2.05) is 39.0 Å². The monoisotopic (exact) mass is 728 g/mol. The van der Waals surface area contributed by atoms with Crippen molar-refractivity contribution in [2.45, 2.75) is 32.6 Å². The van der Waals surface area contributed by atoms with Gasteiger partial charge in [0.25, 0.3) is 0 Å². The summed E-state index contributed by atoms with van der Waals surface area (Å²) in [6, 6.07) is 15.4. The van der Waals surface area contributed by atoms with Gasteiger partial charge in [0.1, 0.15) is 23.2 Å². The highest BCUT2D eigenvalue weighted by Gasteiger charge is 2.32. The summed E-state index contributed by atoms with van der Waals surface area (Å²) in [4.78, 5) is 7.65. The lowest BCUT2D eigenvalue weighted by Gasteiger charge is -2.30. The van der Waals surface area contributed by atoms with Gasteiger partial charge in [-0.15, -0.1) is 0 Å². The third-order valence-corrected chi connectivity index (χ3v) is 10.4. The molecule has 4 rings (SSSR count). The predicted molar refractivity (Wildman–Crippen MR) is 195 cm³/mol. The first-order valence-electron chi connectivity index (χ1n) is 14.9. The number of halogens is 3. The largest absolute Gasteiger partial charge is 0.453 e. The molecule has 6 nitrogen and oxygen atoms in total. The second-order valence-corrected chi connectivity index (χ2v) is 14.4. The molecule has 0 aliphatic carbocycles. The number of aliphatic imine (C=N–C) groups is 1. The number of aromatic nitrogens is 1. The van der Waals surface area contributed by atoms with Gasteiger partial charge in [-0.1, -0.05) is 35.9 Å². The summed E-state index contributed by atoms with van der Waals surface area (Å²) < 4.78 is 36.7. The lowest BCUT2D eigenvalue weighted by atomic mass is 9.78. The molecular weight excluding hydrogens is 690 g/mol. The summed E-state index contributed by atoms with van der Waals surface area (Å²) >= 11 is 6.96. The molecule has 0 amide bonds. The molecule has 0 fully saturated rings. The van der Waals surface area contributed by atoms with Crippen molar-refractivity contribution in [3.05, 3.63) is 99.2 Å². The zero-order valence-corrected chi connectivity index (χ0v) is 29.6. The highest BCUT2D eigenvalue weighted by molar-refractivity contribution is 9.10. The van der Waals surface area contributed by atoms with Crippen molar-refractivity contribution in [1.29, 1.82) is 5.41 Å². The van der Waals surface area contributed by atoms with Crippen LogP contribution in [0.15, 0.2) is 75.8 Å². The van der Waals surface area contributed by atoms with Gasteiger partial charge in [0.15, 0.2) is 11.6 Å². The predicted octanol–water partition coefficient (Wildman–Crippen LogP) is 9.17. The molecule has 0 radical (unpaired) electrons. The Morgan fingerprint density at radius 1 is 1.07 bits per heavy atom. The molecule has 0 bridgehead atoms. The highest BCUT2D eigenvalue weighted by Crippen LogP contribution is 2.39. The fourth-order valence-corrected chi connectivity index (χ4v) is 7.58. The first-order valence-corrected chi connectivity index (χ1v) is 18.0. The van der Waals surface area contributed by atoms with Gasteiger partial charge in [-0.3, -0.25) is 5.41 Å². The third kappa shape index (κ3) is 8.82. The van der Waals surface area contributed by atoms with Gasteiger partial charge < -0.3 is 20.1 Å². The number of H-pyrrole nitrogens is 1. The summed E-state index contributed by atoms with van der Waals surface area (Å²) in [5.74, 6) is 2.69. The molecule has 1 atom stereocenters. The molecule has 4 aromatic rings. The van der Waals surface area contributed by atoms with Crippen LogP contribution in [0.4, 0.5) is 8.78 Å². The Balaban J connectivity index is 1.66. The minimum absolute atomic E-state index is 0.0172. The summed E-state index contributed by atoms with van der Waals surface area (Å²) in [5.41, 5.74) is 3.09. The molecule has 11 heteroatoms. The number of aliphatic hydroxyl groups is 1. The Hall–Kier alpha value is -3.12.